The van der Waals surface area contributed by atoms with E-state index in [1.54, 1.807) is 4.68 Å². The largest absolute Gasteiger partial charge is 0.465 e. The molecule has 0 aliphatic heterocycles. The van der Waals surface area contributed by atoms with Crippen LogP contribution in [-0.2, 0) is 11.8 Å². The van der Waals surface area contributed by atoms with Crippen molar-refractivity contribution in [3.8, 4) is 10.7 Å². The zero-order valence-corrected chi connectivity index (χ0v) is 9.11. The highest BCUT2D eigenvalue weighted by molar-refractivity contribution is 7.16. The molecule has 2 heterocycles. The van der Waals surface area contributed by atoms with Gasteiger partial charge in [0.15, 0.2) is 0 Å². The monoisotopic (exact) mass is 223 g/mol. The van der Waals surface area contributed by atoms with Gasteiger partial charge in [-0.1, -0.05) is 0 Å². The molecule has 0 spiro atoms. The van der Waals surface area contributed by atoms with Gasteiger partial charge in [0.2, 0.25) is 0 Å². The maximum Gasteiger partial charge on any atom is 0.349 e. The molecule has 0 N–H and O–H groups in total. The molecule has 0 atom stereocenters. The number of carbonyl (C=O) groups excluding carboxylic acids is 1. The van der Waals surface area contributed by atoms with Crippen LogP contribution in [0.2, 0.25) is 0 Å². The van der Waals surface area contributed by atoms with Gasteiger partial charge in [-0.05, 0) is 6.07 Å². The Balaban J connectivity index is 2.31. The van der Waals surface area contributed by atoms with Gasteiger partial charge in [-0.25, -0.2) is 9.78 Å². The predicted molar refractivity (Wildman–Crippen MR) is 55.7 cm³/mol. The molecule has 78 valence electrons. The number of carbonyl (C=O) groups is 1. The average molecular weight is 223 g/mol. The third kappa shape index (κ3) is 1.89. The zero-order valence-electron chi connectivity index (χ0n) is 8.30. The Labute approximate surface area is 90.3 Å². The van der Waals surface area contributed by atoms with Crippen molar-refractivity contribution in [3.63, 3.8) is 0 Å². The molecule has 6 heteroatoms. The molecule has 2 aromatic rings. The topological polar surface area (TPSA) is 57.0 Å². The number of esters is 1. The molecule has 0 fully saturated rings. The summed E-state index contributed by atoms with van der Waals surface area (Å²) in [5, 5.41) is 4.91. The van der Waals surface area contributed by atoms with Crippen LogP contribution in [0.5, 0.6) is 0 Å². The lowest BCUT2D eigenvalue weighted by molar-refractivity contribution is 0.0606. The first kappa shape index (κ1) is 9.85. The van der Waals surface area contributed by atoms with E-state index in [0.29, 0.717) is 4.88 Å². The number of aryl methyl sites for hydroxylation is 1. The second kappa shape index (κ2) is 3.82. The molecular weight excluding hydrogens is 214 g/mol. The maximum atomic E-state index is 11.2. The molecule has 0 saturated carbocycles. The lowest BCUT2D eigenvalue weighted by atomic mass is 10.5. The minimum Gasteiger partial charge on any atom is -0.465 e. The Kier molecular flexibility index (Phi) is 2.51. The van der Waals surface area contributed by atoms with Crippen LogP contribution in [-0.4, -0.2) is 27.8 Å². The maximum absolute atomic E-state index is 11.2. The van der Waals surface area contributed by atoms with Crippen LogP contribution in [0.15, 0.2) is 18.5 Å². The average Bonchev–Trinajstić information content (AvgIpc) is 2.84. The number of thiazole rings is 1. The number of methoxy groups -OCH3 is 1. The summed E-state index contributed by atoms with van der Waals surface area (Å²) in [6.07, 6.45) is 3.33. The molecule has 2 aromatic heterocycles. The van der Waals surface area contributed by atoms with Crippen molar-refractivity contribution in [2.75, 3.05) is 7.11 Å². The minimum absolute atomic E-state index is 0.366. The van der Waals surface area contributed by atoms with Crippen molar-refractivity contribution in [1.29, 1.82) is 0 Å². The van der Waals surface area contributed by atoms with Crippen LogP contribution in [0.3, 0.4) is 0 Å². The first-order valence-corrected chi connectivity index (χ1v) is 5.06. The Morgan fingerprint density at radius 1 is 1.60 bits per heavy atom. The molecule has 0 aliphatic carbocycles. The lowest BCUT2D eigenvalue weighted by Gasteiger charge is -1.90. The van der Waals surface area contributed by atoms with Crippen LogP contribution in [0.1, 0.15) is 9.67 Å². The van der Waals surface area contributed by atoms with E-state index in [4.69, 9.17) is 0 Å². The number of hydrogen-bond donors (Lipinski definition) is 0. The quantitative estimate of drug-likeness (QED) is 0.721. The molecule has 5 nitrogen and oxygen atoms in total. The van der Waals surface area contributed by atoms with Gasteiger partial charge in [0.25, 0.3) is 0 Å². The highest BCUT2D eigenvalue weighted by atomic mass is 32.1. The Bertz CT molecular complexity index is 489. The van der Waals surface area contributed by atoms with E-state index in [9.17, 15) is 4.79 Å². The molecule has 0 unspecified atom stereocenters. The van der Waals surface area contributed by atoms with Gasteiger partial charge in [0.1, 0.15) is 15.6 Å². The zero-order chi connectivity index (χ0) is 10.8. The molecule has 0 bridgehead atoms. The minimum atomic E-state index is -0.366. The molecule has 0 aromatic carbocycles. The Morgan fingerprint density at radius 3 is 3.00 bits per heavy atom. The molecule has 0 saturated heterocycles. The van der Waals surface area contributed by atoms with Gasteiger partial charge in [-0.2, -0.15) is 5.10 Å². The molecule has 2 rings (SSSR count). The second-order valence-electron chi connectivity index (χ2n) is 2.90. The lowest BCUT2D eigenvalue weighted by Crippen LogP contribution is -1.96. The van der Waals surface area contributed by atoms with E-state index in [1.807, 2.05) is 19.3 Å². The number of ether oxygens (including phenoxy) is 1. The SMILES string of the molecule is COC(=O)c1cnc(-c2ccn(C)n2)s1. The normalized spacial score (nSPS) is 10.3. The number of nitrogens with zero attached hydrogens (tertiary/aromatic N) is 3. The van der Waals surface area contributed by atoms with Crippen LogP contribution < -0.4 is 0 Å². The van der Waals surface area contributed by atoms with Gasteiger partial charge in [-0.15, -0.1) is 11.3 Å². The number of rotatable bonds is 2. The summed E-state index contributed by atoms with van der Waals surface area (Å²) in [7, 11) is 3.18. The summed E-state index contributed by atoms with van der Waals surface area (Å²) in [5.74, 6) is -0.366. The van der Waals surface area contributed by atoms with E-state index >= 15 is 0 Å². The fourth-order valence-corrected chi connectivity index (χ4v) is 1.92. The summed E-state index contributed by atoms with van der Waals surface area (Å²) in [6.45, 7) is 0. The summed E-state index contributed by atoms with van der Waals surface area (Å²) in [4.78, 5) is 15.8. The van der Waals surface area contributed by atoms with Crippen molar-refractivity contribution in [3.05, 3.63) is 23.3 Å². The standard InChI is InChI=1S/C9H9N3O2S/c1-12-4-3-6(11-12)8-10-5-7(15-8)9(13)14-2/h3-5H,1-2H3. The van der Waals surface area contributed by atoms with Crippen molar-refractivity contribution >= 4 is 17.3 Å². The summed E-state index contributed by atoms with van der Waals surface area (Å²) >= 11 is 1.27. The van der Waals surface area contributed by atoms with Gasteiger partial charge in [-0.3, -0.25) is 4.68 Å². The van der Waals surface area contributed by atoms with E-state index in [-0.39, 0.29) is 5.97 Å². The third-order valence-electron chi connectivity index (χ3n) is 1.83. The molecule has 15 heavy (non-hydrogen) atoms. The molecular formula is C9H9N3O2S. The fourth-order valence-electron chi connectivity index (χ4n) is 1.12. The van der Waals surface area contributed by atoms with Crippen LogP contribution in [0.25, 0.3) is 10.7 Å². The first-order valence-electron chi connectivity index (χ1n) is 4.25. The summed E-state index contributed by atoms with van der Waals surface area (Å²) in [5.41, 5.74) is 0.762. The number of aromatic nitrogens is 3. The van der Waals surface area contributed by atoms with Gasteiger partial charge in [0.05, 0.1) is 13.3 Å². The van der Waals surface area contributed by atoms with Gasteiger partial charge >= 0.3 is 5.97 Å². The smallest absolute Gasteiger partial charge is 0.349 e. The van der Waals surface area contributed by atoms with Gasteiger partial charge in [0, 0.05) is 13.2 Å². The second-order valence-corrected chi connectivity index (χ2v) is 3.93. The molecule has 0 radical (unpaired) electrons. The molecule has 0 amide bonds. The summed E-state index contributed by atoms with van der Waals surface area (Å²) < 4.78 is 6.29. The van der Waals surface area contributed by atoms with Crippen LogP contribution >= 0.6 is 11.3 Å². The highest BCUT2D eigenvalue weighted by Gasteiger charge is 2.12. The van der Waals surface area contributed by atoms with Crippen molar-refractivity contribution < 1.29 is 9.53 Å². The number of hydrogen-bond acceptors (Lipinski definition) is 5. The van der Waals surface area contributed by atoms with E-state index in [1.165, 1.54) is 24.6 Å². The fraction of sp³-hybridized carbons (Fsp3) is 0.222. The van der Waals surface area contributed by atoms with Gasteiger partial charge < -0.3 is 4.74 Å². The van der Waals surface area contributed by atoms with E-state index in [2.05, 4.69) is 14.8 Å². The van der Waals surface area contributed by atoms with E-state index < -0.39 is 0 Å². The van der Waals surface area contributed by atoms with Crippen molar-refractivity contribution in [2.24, 2.45) is 7.05 Å². The summed E-state index contributed by atoms with van der Waals surface area (Å²) in [6, 6.07) is 1.85. The molecule has 0 aliphatic rings. The first-order chi connectivity index (χ1) is 7.20. The van der Waals surface area contributed by atoms with Crippen LogP contribution in [0.4, 0.5) is 0 Å². The van der Waals surface area contributed by atoms with E-state index in [0.717, 1.165) is 10.7 Å². The highest BCUT2D eigenvalue weighted by Crippen LogP contribution is 2.23. The van der Waals surface area contributed by atoms with Crippen molar-refractivity contribution in [2.45, 2.75) is 0 Å². The van der Waals surface area contributed by atoms with Crippen LogP contribution in [0, 0.1) is 0 Å². The van der Waals surface area contributed by atoms with Crippen molar-refractivity contribution in [1.82, 2.24) is 14.8 Å². The Morgan fingerprint density at radius 2 is 2.40 bits per heavy atom. The predicted octanol–water partition coefficient (Wildman–Crippen LogP) is 1.33. The Hall–Kier alpha value is -1.69. The third-order valence-corrected chi connectivity index (χ3v) is 2.82.